The van der Waals surface area contributed by atoms with E-state index in [4.69, 9.17) is 14.2 Å². The first-order valence-electron chi connectivity index (χ1n) is 11.3. The zero-order valence-corrected chi connectivity index (χ0v) is 19.9. The third-order valence-electron chi connectivity index (χ3n) is 6.13. The standard InChI is InChI=1S/C26H30N2O6/c1-26(2,3)34-24(30)27-14-20(17-10-12-19(32-4)13-11-17)21(15-27)23(29)28-22(16-33-25(28)31)18-8-6-5-7-9-18/h5-13,20-22H,14-16H2,1-4H3/t20-,21+,22-/m0/s1. The molecule has 3 amide bonds. The Morgan fingerprint density at radius 2 is 1.65 bits per heavy atom. The van der Waals surface area contributed by atoms with E-state index in [0.717, 1.165) is 11.1 Å². The number of benzene rings is 2. The minimum atomic E-state index is -0.664. The summed E-state index contributed by atoms with van der Waals surface area (Å²) in [6, 6.07) is 16.3. The van der Waals surface area contributed by atoms with Gasteiger partial charge in [0.1, 0.15) is 24.0 Å². The maximum Gasteiger partial charge on any atom is 0.417 e. The smallest absolute Gasteiger partial charge is 0.417 e. The zero-order chi connectivity index (χ0) is 24.5. The number of hydrogen-bond donors (Lipinski definition) is 0. The van der Waals surface area contributed by atoms with Gasteiger partial charge in [-0.15, -0.1) is 0 Å². The van der Waals surface area contributed by atoms with Crippen molar-refractivity contribution in [3.05, 3.63) is 65.7 Å². The molecule has 0 bridgehead atoms. The third-order valence-corrected chi connectivity index (χ3v) is 6.13. The lowest BCUT2D eigenvalue weighted by atomic mass is 9.87. The maximum atomic E-state index is 13.8. The second kappa shape index (κ2) is 9.37. The van der Waals surface area contributed by atoms with Crippen LogP contribution in [0, 0.1) is 5.92 Å². The first-order valence-corrected chi connectivity index (χ1v) is 11.3. The summed E-state index contributed by atoms with van der Waals surface area (Å²) < 4.78 is 16.1. The van der Waals surface area contributed by atoms with Crippen LogP contribution in [0.1, 0.15) is 43.9 Å². The molecule has 2 aliphatic rings. The van der Waals surface area contributed by atoms with E-state index >= 15 is 0 Å². The lowest BCUT2D eigenvalue weighted by Gasteiger charge is -2.26. The Morgan fingerprint density at radius 3 is 2.26 bits per heavy atom. The van der Waals surface area contributed by atoms with E-state index < -0.39 is 29.7 Å². The fourth-order valence-electron chi connectivity index (χ4n) is 4.48. The van der Waals surface area contributed by atoms with E-state index in [-0.39, 0.29) is 25.0 Å². The summed E-state index contributed by atoms with van der Waals surface area (Å²) in [7, 11) is 1.59. The molecule has 2 saturated heterocycles. The molecule has 0 unspecified atom stereocenters. The van der Waals surface area contributed by atoms with Gasteiger partial charge in [0.25, 0.3) is 0 Å². The Morgan fingerprint density at radius 1 is 0.971 bits per heavy atom. The molecule has 2 heterocycles. The molecule has 3 atom stereocenters. The van der Waals surface area contributed by atoms with Crippen LogP contribution in [-0.2, 0) is 14.3 Å². The minimum Gasteiger partial charge on any atom is -0.497 e. The summed E-state index contributed by atoms with van der Waals surface area (Å²) in [5.74, 6) is -0.599. The van der Waals surface area contributed by atoms with E-state index in [2.05, 4.69) is 0 Å². The van der Waals surface area contributed by atoms with Gasteiger partial charge in [-0.05, 0) is 44.0 Å². The average Bonchev–Trinajstić information content (AvgIpc) is 3.43. The van der Waals surface area contributed by atoms with Crippen molar-refractivity contribution >= 4 is 18.1 Å². The Bertz CT molecular complexity index is 1050. The molecule has 4 rings (SSSR count). The highest BCUT2D eigenvalue weighted by Gasteiger charge is 2.48. The SMILES string of the molecule is COc1ccc([C@@H]2CN(C(=O)OC(C)(C)C)C[C@H]2C(=O)N2C(=O)OC[C@H]2c2ccccc2)cc1. The molecule has 0 aromatic heterocycles. The second-order valence-corrected chi connectivity index (χ2v) is 9.58. The highest BCUT2D eigenvalue weighted by Crippen LogP contribution is 2.38. The van der Waals surface area contributed by atoms with Gasteiger partial charge in [-0.1, -0.05) is 42.5 Å². The average molecular weight is 467 g/mol. The minimum absolute atomic E-state index is 0.101. The van der Waals surface area contributed by atoms with Crippen LogP contribution in [0.4, 0.5) is 9.59 Å². The van der Waals surface area contributed by atoms with Crippen LogP contribution >= 0.6 is 0 Å². The molecule has 2 aliphatic heterocycles. The number of likely N-dealkylation sites (tertiary alicyclic amines) is 1. The van der Waals surface area contributed by atoms with Crippen LogP contribution in [-0.4, -0.2) is 60.3 Å². The monoisotopic (exact) mass is 466 g/mol. The highest BCUT2D eigenvalue weighted by molar-refractivity contribution is 5.96. The van der Waals surface area contributed by atoms with Gasteiger partial charge in [-0.2, -0.15) is 0 Å². The molecular formula is C26H30N2O6. The number of cyclic esters (lactones) is 1. The number of rotatable bonds is 4. The molecular weight excluding hydrogens is 436 g/mol. The summed E-state index contributed by atoms with van der Waals surface area (Å²) in [6.45, 7) is 5.95. The second-order valence-electron chi connectivity index (χ2n) is 9.58. The fourth-order valence-corrected chi connectivity index (χ4v) is 4.48. The summed E-state index contributed by atoms with van der Waals surface area (Å²) in [5, 5.41) is 0. The van der Waals surface area contributed by atoms with Gasteiger partial charge >= 0.3 is 12.2 Å². The normalized spacial score (nSPS) is 22.5. The van der Waals surface area contributed by atoms with Gasteiger partial charge in [0.2, 0.25) is 5.91 Å². The molecule has 8 nitrogen and oxygen atoms in total. The number of ether oxygens (including phenoxy) is 3. The van der Waals surface area contributed by atoms with E-state index in [1.165, 1.54) is 4.90 Å². The molecule has 2 fully saturated rings. The van der Waals surface area contributed by atoms with Gasteiger partial charge in [0.15, 0.2) is 0 Å². The topological polar surface area (TPSA) is 85.4 Å². The molecule has 0 radical (unpaired) electrons. The van der Waals surface area contributed by atoms with Crippen LogP contribution in [0.15, 0.2) is 54.6 Å². The number of hydrogen-bond acceptors (Lipinski definition) is 6. The van der Waals surface area contributed by atoms with E-state index in [1.54, 1.807) is 32.8 Å². The van der Waals surface area contributed by atoms with Crippen molar-refractivity contribution in [2.24, 2.45) is 5.92 Å². The summed E-state index contributed by atoms with van der Waals surface area (Å²) in [5.41, 5.74) is 1.05. The lowest BCUT2D eigenvalue weighted by molar-refractivity contribution is -0.133. The number of imide groups is 1. The molecule has 0 aliphatic carbocycles. The quantitative estimate of drug-likeness (QED) is 0.665. The molecule has 2 aromatic rings. The van der Waals surface area contributed by atoms with Gasteiger partial charge in [0.05, 0.1) is 13.0 Å². The molecule has 2 aromatic carbocycles. The molecule has 34 heavy (non-hydrogen) atoms. The van der Waals surface area contributed by atoms with Crippen molar-refractivity contribution in [3.63, 3.8) is 0 Å². The molecule has 180 valence electrons. The third kappa shape index (κ3) is 4.85. The fraction of sp³-hybridized carbons (Fsp3) is 0.423. The van der Waals surface area contributed by atoms with E-state index in [9.17, 15) is 14.4 Å². The van der Waals surface area contributed by atoms with E-state index in [1.807, 2.05) is 54.6 Å². The largest absolute Gasteiger partial charge is 0.497 e. The van der Waals surface area contributed by atoms with Crippen molar-refractivity contribution in [1.82, 2.24) is 9.80 Å². The predicted octanol–water partition coefficient (Wildman–Crippen LogP) is 4.37. The highest BCUT2D eigenvalue weighted by atomic mass is 16.6. The van der Waals surface area contributed by atoms with Gasteiger partial charge in [0, 0.05) is 19.0 Å². The van der Waals surface area contributed by atoms with Crippen LogP contribution in [0.25, 0.3) is 0 Å². The first-order chi connectivity index (χ1) is 16.2. The van der Waals surface area contributed by atoms with Crippen LogP contribution in [0.5, 0.6) is 5.75 Å². The summed E-state index contributed by atoms with van der Waals surface area (Å²) >= 11 is 0. The Labute approximate surface area is 199 Å². The van der Waals surface area contributed by atoms with Crippen molar-refractivity contribution in [1.29, 1.82) is 0 Å². The van der Waals surface area contributed by atoms with Crippen molar-refractivity contribution in [2.45, 2.75) is 38.3 Å². The molecule has 0 N–H and O–H groups in total. The maximum absolute atomic E-state index is 13.8. The first kappa shape index (κ1) is 23.6. The molecule has 8 heteroatoms. The Hall–Kier alpha value is -3.55. The van der Waals surface area contributed by atoms with Crippen LogP contribution in [0.2, 0.25) is 0 Å². The van der Waals surface area contributed by atoms with Crippen LogP contribution < -0.4 is 4.74 Å². The zero-order valence-electron chi connectivity index (χ0n) is 19.9. The summed E-state index contributed by atoms with van der Waals surface area (Å²) in [4.78, 5) is 42.1. The number of carbonyl (C=O) groups excluding carboxylic acids is 3. The van der Waals surface area contributed by atoms with Gasteiger partial charge < -0.3 is 19.1 Å². The Kier molecular flexibility index (Phi) is 6.50. The number of methoxy groups -OCH3 is 1. The van der Waals surface area contributed by atoms with Crippen molar-refractivity contribution < 1.29 is 28.6 Å². The number of nitrogens with zero attached hydrogens (tertiary/aromatic N) is 2. The number of amides is 3. The van der Waals surface area contributed by atoms with Crippen molar-refractivity contribution in [2.75, 3.05) is 26.8 Å². The number of carbonyl (C=O) groups is 3. The molecule has 0 saturated carbocycles. The van der Waals surface area contributed by atoms with Gasteiger partial charge in [-0.3, -0.25) is 4.79 Å². The van der Waals surface area contributed by atoms with E-state index in [0.29, 0.717) is 12.3 Å². The van der Waals surface area contributed by atoms with Gasteiger partial charge in [-0.25, -0.2) is 14.5 Å². The van der Waals surface area contributed by atoms with Crippen LogP contribution in [0.3, 0.4) is 0 Å². The molecule has 0 spiro atoms. The predicted molar refractivity (Wildman–Crippen MR) is 124 cm³/mol. The Balaban J connectivity index is 1.64. The summed E-state index contributed by atoms with van der Waals surface area (Å²) in [6.07, 6.45) is -1.15. The van der Waals surface area contributed by atoms with Crippen molar-refractivity contribution in [3.8, 4) is 5.75 Å². The lowest BCUT2D eigenvalue weighted by Crippen LogP contribution is -2.41.